The third-order valence-electron chi connectivity index (χ3n) is 6.57. The maximum atomic E-state index is 13.8. The smallest absolute Gasteiger partial charge is 0.187 e. The van der Waals surface area contributed by atoms with Crippen molar-refractivity contribution in [1.29, 1.82) is 0 Å². The number of halogens is 2. The number of benzene rings is 4. The topological polar surface area (TPSA) is 38.8 Å². The number of hydrogen-bond donors (Lipinski definition) is 0. The standard InChI is InChI=1S/C34H29Br2NO3/c1-37-20-28(18-26-14-8-16-30(35)33(26)39-22-24-10-4-2-5-11-24)32(38)29(21-37)19-27-15-9-17-31(36)34(27)40-23-25-12-6-3-7-13-25/h2-19H,20-23H2,1H3/b28-18+,29-19+. The summed E-state index contributed by atoms with van der Waals surface area (Å²) in [7, 11) is 2.02. The van der Waals surface area contributed by atoms with E-state index in [4.69, 9.17) is 9.47 Å². The lowest BCUT2D eigenvalue weighted by Crippen LogP contribution is -2.34. The van der Waals surface area contributed by atoms with Gasteiger partial charge in [-0.2, -0.15) is 0 Å². The highest BCUT2D eigenvalue weighted by molar-refractivity contribution is 9.10. The van der Waals surface area contributed by atoms with E-state index in [1.807, 2.05) is 116 Å². The van der Waals surface area contributed by atoms with Crippen molar-refractivity contribution < 1.29 is 14.3 Å². The van der Waals surface area contributed by atoms with E-state index in [1.54, 1.807) is 0 Å². The molecule has 0 bridgehead atoms. The van der Waals surface area contributed by atoms with Gasteiger partial charge in [0.15, 0.2) is 5.78 Å². The Morgan fingerprint density at radius 1 is 0.650 bits per heavy atom. The van der Waals surface area contributed by atoms with E-state index < -0.39 is 0 Å². The van der Waals surface area contributed by atoms with Crippen LogP contribution in [-0.4, -0.2) is 30.8 Å². The molecule has 0 N–H and O–H groups in total. The predicted octanol–water partition coefficient (Wildman–Crippen LogP) is 8.35. The second-order valence-electron chi connectivity index (χ2n) is 9.71. The van der Waals surface area contributed by atoms with Gasteiger partial charge < -0.3 is 9.47 Å². The minimum absolute atomic E-state index is 0.0288. The first-order valence-electron chi connectivity index (χ1n) is 13.0. The maximum Gasteiger partial charge on any atom is 0.187 e. The number of para-hydroxylation sites is 2. The highest BCUT2D eigenvalue weighted by atomic mass is 79.9. The zero-order valence-electron chi connectivity index (χ0n) is 22.1. The van der Waals surface area contributed by atoms with Crippen molar-refractivity contribution >= 4 is 49.8 Å². The first kappa shape index (κ1) is 28.1. The number of Topliss-reactive ketones (excluding diaryl/α,β-unsaturated/α-hetero) is 1. The molecule has 4 aromatic carbocycles. The second kappa shape index (κ2) is 13.3. The fourth-order valence-electron chi connectivity index (χ4n) is 4.63. The first-order chi connectivity index (χ1) is 19.5. The van der Waals surface area contributed by atoms with Gasteiger partial charge in [0.25, 0.3) is 0 Å². The van der Waals surface area contributed by atoms with Gasteiger partial charge in [0, 0.05) is 35.4 Å². The molecule has 0 aliphatic carbocycles. The van der Waals surface area contributed by atoms with Gasteiger partial charge in [0.2, 0.25) is 0 Å². The van der Waals surface area contributed by atoms with Crippen LogP contribution in [-0.2, 0) is 18.0 Å². The lowest BCUT2D eigenvalue weighted by Gasteiger charge is -2.26. The summed E-state index contributed by atoms with van der Waals surface area (Å²) in [6.07, 6.45) is 3.90. The van der Waals surface area contributed by atoms with Crippen molar-refractivity contribution in [3.63, 3.8) is 0 Å². The average molecular weight is 659 g/mol. The molecule has 0 radical (unpaired) electrons. The molecule has 0 amide bonds. The van der Waals surface area contributed by atoms with E-state index in [0.29, 0.717) is 48.9 Å². The number of ketones is 1. The average Bonchev–Trinajstić information content (AvgIpc) is 2.96. The van der Waals surface area contributed by atoms with E-state index in [2.05, 4.69) is 36.8 Å². The SMILES string of the molecule is CN1C/C(=C\c2cccc(Br)c2OCc2ccccc2)C(=O)/C(=C/c2cccc(Br)c2OCc2ccccc2)C1. The Labute approximate surface area is 252 Å². The number of likely N-dealkylation sites (N-methyl/N-ethyl adjacent to an activating group) is 1. The summed E-state index contributed by atoms with van der Waals surface area (Å²) in [5.41, 5.74) is 5.30. The molecule has 40 heavy (non-hydrogen) atoms. The molecule has 6 heteroatoms. The molecule has 1 fully saturated rings. The summed E-state index contributed by atoms with van der Waals surface area (Å²) >= 11 is 7.27. The van der Waals surface area contributed by atoms with E-state index in [-0.39, 0.29) is 5.78 Å². The number of hydrogen-bond acceptors (Lipinski definition) is 4. The second-order valence-corrected chi connectivity index (χ2v) is 11.4. The van der Waals surface area contributed by atoms with Crippen LogP contribution in [0.25, 0.3) is 12.2 Å². The van der Waals surface area contributed by atoms with Crippen molar-refractivity contribution in [3.8, 4) is 11.5 Å². The molecule has 1 heterocycles. The molecule has 0 aromatic heterocycles. The van der Waals surface area contributed by atoms with Crippen LogP contribution in [0, 0.1) is 0 Å². The molecule has 1 aliphatic heterocycles. The molecule has 0 unspecified atom stereocenters. The minimum Gasteiger partial charge on any atom is -0.487 e. The summed E-state index contributed by atoms with van der Waals surface area (Å²) in [6, 6.07) is 31.9. The first-order valence-corrected chi connectivity index (χ1v) is 14.6. The normalized spacial score (nSPS) is 15.9. The van der Waals surface area contributed by atoms with E-state index in [9.17, 15) is 4.79 Å². The van der Waals surface area contributed by atoms with Crippen molar-refractivity contribution in [1.82, 2.24) is 4.90 Å². The monoisotopic (exact) mass is 657 g/mol. The number of nitrogens with zero attached hydrogens (tertiary/aromatic N) is 1. The molecule has 202 valence electrons. The van der Waals surface area contributed by atoms with E-state index in [1.165, 1.54) is 0 Å². The van der Waals surface area contributed by atoms with E-state index in [0.717, 1.165) is 31.2 Å². The van der Waals surface area contributed by atoms with Crippen molar-refractivity contribution in [3.05, 3.63) is 139 Å². The van der Waals surface area contributed by atoms with Crippen LogP contribution in [0.1, 0.15) is 22.3 Å². The third-order valence-corrected chi connectivity index (χ3v) is 7.82. The third kappa shape index (κ3) is 7.00. The van der Waals surface area contributed by atoms with Gasteiger partial charge in [0.1, 0.15) is 24.7 Å². The van der Waals surface area contributed by atoms with Crippen LogP contribution < -0.4 is 9.47 Å². The zero-order valence-corrected chi connectivity index (χ0v) is 25.3. The summed E-state index contributed by atoms with van der Waals surface area (Å²) in [4.78, 5) is 15.9. The molecule has 5 rings (SSSR count). The fourth-order valence-corrected chi connectivity index (χ4v) is 5.62. The van der Waals surface area contributed by atoms with Crippen molar-refractivity contribution in [2.75, 3.05) is 20.1 Å². The van der Waals surface area contributed by atoms with Gasteiger partial charge in [-0.15, -0.1) is 0 Å². The van der Waals surface area contributed by atoms with Crippen LogP contribution >= 0.6 is 31.9 Å². The Bertz CT molecular complexity index is 1430. The van der Waals surface area contributed by atoms with Gasteiger partial charge >= 0.3 is 0 Å². The van der Waals surface area contributed by atoms with Crippen molar-refractivity contribution in [2.24, 2.45) is 0 Å². The van der Waals surface area contributed by atoms with Crippen LogP contribution in [0.5, 0.6) is 11.5 Å². The number of likely N-dealkylation sites (tertiary alicyclic amines) is 1. The summed E-state index contributed by atoms with van der Waals surface area (Å²) in [5, 5.41) is 0. The van der Waals surface area contributed by atoms with Gasteiger partial charge in [-0.3, -0.25) is 9.69 Å². The van der Waals surface area contributed by atoms with Gasteiger partial charge in [-0.25, -0.2) is 0 Å². The molecule has 0 spiro atoms. The van der Waals surface area contributed by atoms with Gasteiger partial charge in [-0.1, -0.05) is 84.9 Å². The van der Waals surface area contributed by atoms with Crippen LogP contribution in [0.4, 0.5) is 0 Å². The number of carbonyl (C=O) groups excluding carboxylic acids is 1. The maximum absolute atomic E-state index is 13.8. The number of piperidine rings is 1. The number of rotatable bonds is 8. The lowest BCUT2D eigenvalue weighted by molar-refractivity contribution is -0.113. The Balaban J connectivity index is 1.42. The van der Waals surface area contributed by atoms with E-state index >= 15 is 0 Å². The predicted molar refractivity (Wildman–Crippen MR) is 168 cm³/mol. The highest BCUT2D eigenvalue weighted by Gasteiger charge is 2.25. The Hall–Kier alpha value is -3.45. The molecule has 4 aromatic rings. The largest absolute Gasteiger partial charge is 0.487 e. The molecule has 0 saturated carbocycles. The summed E-state index contributed by atoms with van der Waals surface area (Å²) < 4.78 is 14.1. The van der Waals surface area contributed by atoms with Crippen molar-refractivity contribution in [2.45, 2.75) is 13.2 Å². The molecule has 0 atom stereocenters. The summed E-state index contributed by atoms with van der Waals surface area (Å²) in [6.45, 7) is 1.98. The number of carbonyl (C=O) groups is 1. The van der Waals surface area contributed by atoms with Gasteiger partial charge in [-0.05, 0) is 74.3 Å². The quantitative estimate of drug-likeness (QED) is 0.178. The Kier molecular flexibility index (Phi) is 9.32. The zero-order chi connectivity index (χ0) is 27.9. The molecule has 1 saturated heterocycles. The molecule has 1 aliphatic rings. The van der Waals surface area contributed by atoms with Crippen LogP contribution in [0.15, 0.2) is 117 Å². The fraction of sp³-hybridized carbons (Fsp3) is 0.147. The molecular formula is C34H29Br2NO3. The molecular weight excluding hydrogens is 630 g/mol. The van der Waals surface area contributed by atoms with Crippen LogP contribution in [0.2, 0.25) is 0 Å². The number of ether oxygens (including phenoxy) is 2. The Morgan fingerprint density at radius 2 is 1.07 bits per heavy atom. The Morgan fingerprint density at radius 3 is 1.50 bits per heavy atom. The van der Waals surface area contributed by atoms with Gasteiger partial charge in [0.05, 0.1) is 8.95 Å². The summed E-state index contributed by atoms with van der Waals surface area (Å²) in [5.74, 6) is 1.46. The van der Waals surface area contributed by atoms with Crippen LogP contribution in [0.3, 0.4) is 0 Å². The lowest BCUT2D eigenvalue weighted by atomic mass is 9.94. The highest BCUT2D eigenvalue weighted by Crippen LogP contribution is 2.35. The minimum atomic E-state index is 0.0288. The molecule has 4 nitrogen and oxygen atoms in total.